The van der Waals surface area contributed by atoms with Crippen LogP contribution in [-0.2, 0) is 6.42 Å². The number of hydrogen-bond acceptors (Lipinski definition) is 5. The Hall–Kier alpha value is -2.26. The molecule has 0 radical (unpaired) electrons. The summed E-state index contributed by atoms with van der Waals surface area (Å²) in [6.45, 7) is 0.492. The van der Waals surface area contributed by atoms with Crippen molar-refractivity contribution in [2.75, 3.05) is 6.54 Å². The fourth-order valence-electron chi connectivity index (χ4n) is 2.60. The minimum atomic E-state index is -0.193. The molecule has 3 heterocycles. The molecule has 7 nitrogen and oxygen atoms in total. The first-order valence-corrected chi connectivity index (χ1v) is 9.04. The number of carbonyl (C=O) groups is 1. The van der Waals surface area contributed by atoms with Crippen LogP contribution in [0.3, 0.4) is 0 Å². The highest BCUT2D eigenvalue weighted by Crippen LogP contribution is 2.35. The third-order valence-corrected chi connectivity index (χ3v) is 5.11. The van der Waals surface area contributed by atoms with Gasteiger partial charge in [0.1, 0.15) is 5.82 Å². The molecule has 1 fully saturated rings. The van der Waals surface area contributed by atoms with Gasteiger partial charge in [0.05, 0.1) is 10.6 Å². The molecule has 1 aliphatic carbocycles. The van der Waals surface area contributed by atoms with E-state index in [0.29, 0.717) is 29.5 Å². The first kappa shape index (κ1) is 15.3. The molecule has 0 atom stereocenters. The van der Waals surface area contributed by atoms with Crippen molar-refractivity contribution in [3.05, 3.63) is 39.9 Å². The number of amides is 1. The van der Waals surface area contributed by atoms with Crippen molar-refractivity contribution in [3.63, 3.8) is 0 Å². The van der Waals surface area contributed by atoms with Crippen LogP contribution in [0.25, 0.3) is 10.6 Å². The molecule has 1 amide bonds. The molecular weight excluding hydrogens is 344 g/mol. The van der Waals surface area contributed by atoms with E-state index in [2.05, 4.69) is 30.3 Å². The Kier molecular flexibility index (Phi) is 4.03. The molecule has 0 saturated heterocycles. The number of H-pyrrole nitrogens is 2. The number of hydrogen-bond donors (Lipinski definition) is 3. The van der Waals surface area contributed by atoms with Crippen molar-refractivity contribution in [1.29, 1.82) is 0 Å². The lowest BCUT2D eigenvalue weighted by Crippen LogP contribution is -2.26. The topological polar surface area (TPSA) is 91.4 Å². The van der Waals surface area contributed by atoms with Crippen LogP contribution in [0.5, 0.6) is 0 Å². The van der Waals surface area contributed by atoms with E-state index in [-0.39, 0.29) is 5.91 Å². The molecule has 3 aromatic rings. The van der Waals surface area contributed by atoms with E-state index >= 15 is 0 Å². The molecule has 3 N–H and O–H groups in total. The summed E-state index contributed by atoms with van der Waals surface area (Å²) in [7, 11) is 0. The lowest BCUT2D eigenvalue weighted by Gasteiger charge is -2.05. The van der Waals surface area contributed by atoms with Gasteiger partial charge in [-0.05, 0) is 42.6 Å². The molecule has 1 saturated carbocycles. The number of nitrogens with zero attached hydrogens (tertiary/aromatic N) is 3. The zero-order chi connectivity index (χ0) is 16.5. The lowest BCUT2D eigenvalue weighted by atomic mass is 10.3. The molecule has 1 aliphatic rings. The van der Waals surface area contributed by atoms with E-state index < -0.39 is 0 Å². The molecule has 3 aromatic heterocycles. The molecule has 9 heteroatoms. The fraction of sp³-hybridized carbons (Fsp3) is 0.333. The van der Waals surface area contributed by atoms with Crippen molar-refractivity contribution in [1.82, 2.24) is 30.3 Å². The van der Waals surface area contributed by atoms with Gasteiger partial charge in [0.15, 0.2) is 10.5 Å². The molecular formula is C15H16N6OS2. The first-order chi connectivity index (χ1) is 11.7. The maximum absolute atomic E-state index is 12.2. The molecule has 0 bridgehead atoms. The Balaban J connectivity index is 1.36. The van der Waals surface area contributed by atoms with E-state index in [0.717, 1.165) is 29.2 Å². The van der Waals surface area contributed by atoms with Crippen LogP contribution in [0, 0.1) is 4.77 Å². The predicted octanol–water partition coefficient (Wildman–Crippen LogP) is 2.70. The van der Waals surface area contributed by atoms with Crippen molar-refractivity contribution < 1.29 is 4.79 Å². The van der Waals surface area contributed by atoms with Crippen molar-refractivity contribution >= 4 is 29.5 Å². The van der Waals surface area contributed by atoms with Gasteiger partial charge < -0.3 is 9.88 Å². The maximum atomic E-state index is 12.2. The van der Waals surface area contributed by atoms with Crippen LogP contribution < -0.4 is 5.32 Å². The van der Waals surface area contributed by atoms with Crippen LogP contribution in [0.15, 0.2) is 23.6 Å². The highest BCUT2D eigenvalue weighted by molar-refractivity contribution is 7.71. The zero-order valence-corrected chi connectivity index (χ0v) is 14.4. The Morgan fingerprint density at radius 1 is 1.42 bits per heavy atom. The van der Waals surface area contributed by atoms with Gasteiger partial charge in [-0.3, -0.25) is 15.0 Å². The number of rotatable bonds is 6. The van der Waals surface area contributed by atoms with Gasteiger partial charge in [0.2, 0.25) is 0 Å². The van der Waals surface area contributed by atoms with Gasteiger partial charge in [0.25, 0.3) is 5.91 Å². The second kappa shape index (κ2) is 6.33. The first-order valence-electron chi connectivity index (χ1n) is 7.75. The average molecular weight is 360 g/mol. The number of aromatic amines is 2. The zero-order valence-electron chi connectivity index (χ0n) is 12.8. The average Bonchev–Trinajstić information content (AvgIpc) is 3.00. The van der Waals surface area contributed by atoms with E-state index in [1.165, 1.54) is 0 Å². The lowest BCUT2D eigenvalue weighted by molar-refractivity contribution is 0.0949. The summed E-state index contributed by atoms with van der Waals surface area (Å²) >= 11 is 6.86. The molecule has 0 spiro atoms. The van der Waals surface area contributed by atoms with Crippen molar-refractivity contribution in [2.24, 2.45) is 0 Å². The van der Waals surface area contributed by atoms with Crippen LogP contribution in [0.2, 0.25) is 0 Å². The van der Waals surface area contributed by atoms with Crippen molar-refractivity contribution in [3.8, 4) is 10.6 Å². The second-order valence-electron chi connectivity index (χ2n) is 5.70. The number of nitrogens with one attached hydrogen (secondary N) is 3. The van der Waals surface area contributed by atoms with Gasteiger partial charge in [-0.15, -0.1) is 11.3 Å². The molecule has 0 aliphatic heterocycles. The molecule has 4 rings (SSSR count). The summed E-state index contributed by atoms with van der Waals surface area (Å²) in [6.07, 6.45) is 2.93. The second-order valence-corrected chi connectivity index (χ2v) is 7.03. The number of thiophene rings is 1. The summed E-state index contributed by atoms with van der Waals surface area (Å²) in [5, 5.41) is 18.9. The quantitative estimate of drug-likeness (QED) is 0.590. The summed E-state index contributed by atoms with van der Waals surface area (Å²) in [5.74, 6) is 0.699. The van der Waals surface area contributed by atoms with Gasteiger partial charge in [0, 0.05) is 19.0 Å². The predicted molar refractivity (Wildman–Crippen MR) is 93.6 cm³/mol. The van der Waals surface area contributed by atoms with Crippen LogP contribution >= 0.6 is 23.6 Å². The summed E-state index contributed by atoms with van der Waals surface area (Å²) < 4.78 is 2.72. The minimum Gasteiger partial charge on any atom is -0.350 e. The summed E-state index contributed by atoms with van der Waals surface area (Å²) in [4.78, 5) is 13.3. The van der Waals surface area contributed by atoms with E-state index in [4.69, 9.17) is 12.2 Å². The highest BCUT2D eigenvalue weighted by Gasteiger charge is 2.27. The monoisotopic (exact) mass is 360 g/mol. The van der Waals surface area contributed by atoms with Gasteiger partial charge >= 0.3 is 0 Å². The van der Waals surface area contributed by atoms with Gasteiger partial charge in [-0.2, -0.15) is 10.2 Å². The Morgan fingerprint density at radius 2 is 2.29 bits per heavy atom. The largest absolute Gasteiger partial charge is 0.350 e. The Morgan fingerprint density at radius 3 is 3.04 bits per heavy atom. The summed E-state index contributed by atoms with van der Waals surface area (Å²) in [5.41, 5.74) is 1.24. The third kappa shape index (κ3) is 3.04. The van der Waals surface area contributed by atoms with E-state index in [1.807, 2.05) is 17.5 Å². The highest BCUT2D eigenvalue weighted by atomic mass is 32.1. The minimum absolute atomic E-state index is 0.193. The van der Waals surface area contributed by atoms with E-state index in [9.17, 15) is 4.79 Å². The Labute approximate surface area is 147 Å². The maximum Gasteiger partial charge on any atom is 0.271 e. The van der Waals surface area contributed by atoms with Crippen LogP contribution in [0.4, 0.5) is 0 Å². The molecule has 0 aromatic carbocycles. The van der Waals surface area contributed by atoms with Crippen LogP contribution in [-0.4, -0.2) is 37.4 Å². The third-order valence-electron chi connectivity index (χ3n) is 3.92. The molecule has 24 heavy (non-hydrogen) atoms. The standard InChI is InChI=1S/C15H16N6OS2/c22-14(11-8-10(17-18-11)12-2-1-7-24-12)16-6-5-13-19-20-15(23)21(13)9-3-4-9/h1-2,7-9H,3-6H2,(H,16,22)(H,17,18)(H,20,23). The van der Waals surface area contributed by atoms with E-state index in [1.54, 1.807) is 17.4 Å². The Bertz CT molecular complexity index is 903. The number of carbonyl (C=O) groups excluding carboxylic acids is 1. The van der Waals surface area contributed by atoms with Crippen LogP contribution in [0.1, 0.15) is 35.2 Å². The SMILES string of the molecule is O=C(NCCc1n[nH]c(=S)n1C1CC1)c1cc(-c2cccs2)[nH]n1. The van der Waals surface area contributed by atoms with Gasteiger partial charge in [-0.1, -0.05) is 6.07 Å². The van der Waals surface area contributed by atoms with Gasteiger partial charge in [-0.25, -0.2) is 0 Å². The molecule has 0 unspecified atom stereocenters. The normalized spacial score (nSPS) is 14.0. The molecule has 124 valence electrons. The number of aromatic nitrogens is 5. The smallest absolute Gasteiger partial charge is 0.271 e. The fourth-order valence-corrected chi connectivity index (χ4v) is 3.59. The van der Waals surface area contributed by atoms with Crippen molar-refractivity contribution in [2.45, 2.75) is 25.3 Å². The summed E-state index contributed by atoms with van der Waals surface area (Å²) in [6, 6.07) is 6.19.